The molecule has 2 amide bonds. The Morgan fingerprint density at radius 1 is 0.939 bits per heavy atom. The number of hydrogen-bond donors (Lipinski definition) is 1. The molecule has 176 valence electrons. The summed E-state index contributed by atoms with van der Waals surface area (Å²) in [4.78, 5) is 27.5. The van der Waals surface area contributed by atoms with Crippen LogP contribution in [0.5, 0.6) is 17.2 Å². The second-order valence-corrected chi connectivity index (χ2v) is 7.63. The van der Waals surface area contributed by atoms with Crippen molar-refractivity contribution in [1.29, 1.82) is 0 Å². The van der Waals surface area contributed by atoms with Crippen molar-refractivity contribution < 1.29 is 37.0 Å². The van der Waals surface area contributed by atoms with Crippen LogP contribution >= 0.6 is 0 Å². The minimum atomic E-state index is -4.82. The molecular weight excluding hydrogens is 441 g/mol. The van der Waals surface area contributed by atoms with Gasteiger partial charge in [0.05, 0.1) is 19.8 Å². The van der Waals surface area contributed by atoms with Gasteiger partial charge in [0.2, 0.25) is 0 Å². The van der Waals surface area contributed by atoms with Crippen LogP contribution in [-0.4, -0.2) is 43.8 Å². The first-order valence-corrected chi connectivity index (χ1v) is 9.99. The van der Waals surface area contributed by atoms with E-state index in [2.05, 4.69) is 10.1 Å². The quantitative estimate of drug-likeness (QED) is 0.582. The standard InChI is InChI=1S/C23H23F3N2O5/c1-13(2)12-28-21(29)19(14-5-10-17(31-3)18(11-14)32-4)20(22(28)30)27-15-6-8-16(9-7-15)33-23(24,25)26/h5-11,13,27H,12H2,1-4H3. The Bertz CT molecular complexity index is 1080. The van der Waals surface area contributed by atoms with Gasteiger partial charge in [-0.15, -0.1) is 13.2 Å². The van der Waals surface area contributed by atoms with Crippen molar-refractivity contribution >= 4 is 23.1 Å². The van der Waals surface area contributed by atoms with Gasteiger partial charge in [-0.1, -0.05) is 19.9 Å². The SMILES string of the molecule is COc1ccc(C2=C(Nc3ccc(OC(F)(F)F)cc3)C(=O)N(CC(C)C)C2=O)cc1OC. The number of rotatable bonds is 8. The van der Waals surface area contributed by atoms with E-state index in [9.17, 15) is 22.8 Å². The summed E-state index contributed by atoms with van der Waals surface area (Å²) in [5.74, 6) is -0.569. The second kappa shape index (κ2) is 9.43. The fourth-order valence-electron chi connectivity index (χ4n) is 3.37. The van der Waals surface area contributed by atoms with Crippen molar-refractivity contribution in [3.05, 3.63) is 53.7 Å². The van der Waals surface area contributed by atoms with Gasteiger partial charge in [0.15, 0.2) is 11.5 Å². The van der Waals surface area contributed by atoms with Crippen LogP contribution in [0.3, 0.4) is 0 Å². The third kappa shape index (κ3) is 5.39. The number of carbonyl (C=O) groups excluding carboxylic acids is 2. The van der Waals surface area contributed by atoms with Gasteiger partial charge >= 0.3 is 6.36 Å². The van der Waals surface area contributed by atoms with Gasteiger partial charge < -0.3 is 19.5 Å². The maximum atomic E-state index is 13.2. The van der Waals surface area contributed by atoms with E-state index in [1.165, 1.54) is 26.4 Å². The maximum absolute atomic E-state index is 13.2. The molecule has 1 aliphatic rings. The van der Waals surface area contributed by atoms with E-state index in [1.807, 2.05) is 13.8 Å². The topological polar surface area (TPSA) is 77.1 Å². The average Bonchev–Trinajstić information content (AvgIpc) is 2.97. The van der Waals surface area contributed by atoms with Gasteiger partial charge in [-0.25, -0.2) is 0 Å². The molecule has 3 rings (SSSR count). The van der Waals surface area contributed by atoms with E-state index < -0.39 is 23.9 Å². The zero-order chi connectivity index (χ0) is 24.3. The molecule has 0 saturated carbocycles. The molecule has 1 heterocycles. The normalized spacial score (nSPS) is 14.2. The summed E-state index contributed by atoms with van der Waals surface area (Å²) < 4.78 is 51.7. The molecule has 0 bridgehead atoms. The number of imide groups is 1. The predicted octanol–water partition coefficient (Wildman–Crippen LogP) is 4.45. The molecule has 0 atom stereocenters. The minimum absolute atomic E-state index is 0.0114. The zero-order valence-electron chi connectivity index (χ0n) is 18.4. The monoisotopic (exact) mass is 464 g/mol. The molecular formula is C23H23F3N2O5. The highest BCUT2D eigenvalue weighted by Crippen LogP contribution is 2.36. The molecule has 0 unspecified atom stereocenters. The number of halogens is 3. The summed E-state index contributed by atoms with van der Waals surface area (Å²) in [6.07, 6.45) is -4.82. The summed E-state index contributed by atoms with van der Waals surface area (Å²) in [5.41, 5.74) is 0.872. The van der Waals surface area contributed by atoms with Crippen molar-refractivity contribution in [2.75, 3.05) is 26.1 Å². The number of amides is 2. The lowest BCUT2D eigenvalue weighted by Gasteiger charge is -2.17. The Kier molecular flexibility index (Phi) is 6.85. The van der Waals surface area contributed by atoms with Crippen LogP contribution in [0.4, 0.5) is 18.9 Å². The largest absolute Gasteiger partial charge is 0.573 e. The Hall–Kier alpha value is -3.69. The number of alkyl halides is 3. The van der Waals surface area contributed by atoms with Gasteiger partial charge in [-0.2, -0.15) is 0 Å². The number of anilines is 1. The van der Waals surface area contributed by atoms with Crippen LogP contribution in [0.25, 0.3) is 5.57 Å². The maximum Gasteiger partial charge on any atom is 0.573 e. The highest BCUT2D eigenvalue weighted by Gasteiger charge is 2.39. The number of benzene rings is 2. The Morgan fingerprint density at radius 3 is 2.12 bits per heavy atom. The number of nitrogens with one attached hydrogen (secondary N) is 1. The molecule has 0 aliphatic carbocycles. The second-order valence-electron chi connectivity index (χ2n) is 7.63. The van der Waals surface area contributed by atoms with Crippen LogP contribution in [0.1, 0.15) is 19.4 Å². The fourth-order valence-corrected chi connectivity index (χ4v) is 3.37. The van der Waals surface area contributed by atoms with Gasteiger partial charge in [-0.05, 0) is 47.9 Å². The Morgan fingerprint density at radius 2 is 1.58 bits per heavy atom. The number of carbonyl (C=O) groups is 2. The van der Waals surface area contributed by atoms with Crippen LogP contribution < -0.4 is 19.5 Å². The van der Waals surface area contributed by atoms with Crippen LogP contribution in [0.2, 0.25) is 0 Å². The Labute approximate surface area is 188 Å². The van der Waals surface area contributed by atoms with E-state index in [1.54, 1.807) is 18.2 Å². The summed E-state index contributed by atoms with van der Waals surface area (Å²) in [6, 6.07) is 9.69. The highest BCUT2D eigenvalue weighted by molar-refractivity contribution is 6.36. The smallest absolute Gasteiger partial charge is 0.493 e. The van der Waals surface area contributed by atoms with Gasteiger partial charge in [0, 0.05) is 12.2 Å². The lowest BCUT2D eigenvalue weighted by atomic mass is 10.0. The molecule has 0 aromatic heterocycles. The third-order valence-electron chi connectivity index (χ3n) is 4.75. The fraction of sp³-hybridized carbons (Fsp3) is 0.304. The molecule has 33 heavy (non-hydrogen) atoms. The molecule has 2 aromatic carbocycles. The number of methoxy groups -OCH3 is 2. The van der Waals surface area contributed by atoms with E-state index >= 15 is 0 Å². The van der Waals surface area contributed by atoms with Crippen molar-refractivity contribution in [1.82, 2.24) is 4.90 Å². The summed E-state index contributed by atoms with van der Waals surface area (Å²) in [5, 5.41) is 2.89. The lowest BCUT2D eigenvalue weighted by Crippen LogP contribution is -2.35. The van der Waals surface area contributed by atoms with E-state index in [0.29, 0.717) is 22.7 Å². The molecule has 1 N–H and O–H groups in total. The number of ether oxygens (including phenoxy) is 3. The summed E-state index contributed by atoms with van der Waals surface area (Å²) in [7, 11) is 2.93. The average molecular weight is 464 g/mol. The number of hydrogen-bond acceptors (Lipinski definition) is 6. The molecule has 1 aliphatic heterocycles. The minimum Gasteiger partial charge on any atom is -0.493 e. The summed E-state index contributed by atoms with van der Waals surface area (Å²) in [6.45, 7) is 3.96. The van der Waals surface area contributed by atoms with Crippen molar-refractivity contribution in [2.24, 2.45) is 5.92 Å². The zero-order valence-corrected chi connectivity index (χ0v) is 18.4. The highest BCUT2D eigenvalue weighted by atomic mass is 19.4. The number of nitrogens with zero attached hydrogens (tertiary/aromatic N) is 1. The molecule has 10 heteroatoms. The summed E-state index contributed by atoms with van der Waals surface area (Å²) >= 11 is 0. The van der Waals surface area contributed by atoms with Gasteiger partial charge in [-0.3, -0.25) is 14.5 Å². The van der Waals surface area contributed by atoms with Gasteiger partial charge in [0.25, 0.3) is 11.8 Å². The van der Waals surface area contributed by atoms with E-state index in [-0.39, 0.29) is 23.7 Å². The molecule has 0 radical (unpaired) electrons. The molecule has 0 saturated heterocycles. The van der Waals surface area contributed by atoms with Gasteiger partial charge in [0.1, 0.15) is 11.4 Å². The van der Waals surface area contributed by atoms with Crippen LogP contribution in [0.15, 0.2) is 48.2 Å². The van der Waals surface area contributed by atoms with E-state index in [0.717, 1.165) is 17.0 Å². The lowest BCUT2D eigenvalue weighted by molar-refractivity contribution is -0.274. The molecule has 0 spiro atoms. The van der Waals surface area contributed by atoms with Crippen LogP contribution in [0, 0.1) is 5.92 Å². The van der Waals surface area contributed by atoms with Crippen molar-refractivity contribution in [2.45, 2.75) is 20.2 Å². The van der Waals surface area contributed by atoms with E-state index in [4.69, 9.17) is 9.47 Å². The molecule has 0 fully saturated rings. The molecule has 7 nitrogen and oxygen atoms in total. The van der Waals surface area contributed by atoms with Crippen molar-refractivity contribution in [3.63, 3.8) is 0 Å². The molecule has 2 aromatic rings. The predicted molar refractivity (Wildman–Crippen MR) is 115 cm³/mol. The third-order valence-corrected chi connectivity index (χ3v) is 4.75. The Balaban J connectivity index is 2.02. The first-order chi connectivity index (χ1) is 15.5. The van der Waals surface area contributed by atoms with Crippen LogP contribution in [-0.2, 0) is 9.59 Å². The first kappa shape index (κ1) is 24.0. The first-order valence-electron chi connectivity index (χ1n) is 9.99. The van der Waals surface area contributed by atoms with Crippen molar-refractivity contribution in [3.8, 4) is 17.2 Å².